The zero-order chi connectivity index (χ0) is 15.6. The minimum absolute atomic E-state index is 0.147. The van der Waals surface area contributed by atoms with Crippen LogP contribution in [0.2, 0.25) is 10.0 Å². The van der Waals surface area contributed by atoms with Crippen LogP contribution >= 0.6 is 23.2 Å². The lowest BCUT2D eigenvalue weighted by molar-refractivity contribution is -0.115. The zero-order valence-electron chi connectivity index (χ0n) is 12.0. The molecule has 0 radical (unpaired) electrons. The molecule has 1 aromatic carbocycles. The van der Waals surface area contributed by atoms with Crippen molar-refractivity contribution in [2.24, 2.45) is 0 Å². The minimum Gasteiger partial charge on any atom is -0.359 e. The van der Waals surface area contributed by atoms with Crippen molar-refractivity contribution in [3.8, 4) is 0 Å². The van der Waals surface area contributed by atoms with Crippen LogP contribution in [0, 0.1) is 0 Å². The predicted octanol–water partition coefficient (Wildman–Crippen LogP) is 4.46. The van der Waals surface area contributed by atoms with Gasteiger partial charge in [0.1, 0.15) is 5.76 Å². The molecule has 0 unspecified atom stereocenters. The molecular formula is C15H16Cl2N2O2. The Kier molecular flexibility index (Phi) is 4.59. The smallest absolute Gasteiger partial charge is 0.230 e. The van der Waals surface area contributed by atoms with E-state index in [1.165, 1.54) is 0 Å². The van der Waals surface area contributed by atoms with Crippen LogP contribution in [0.15, 0.2) is 28.8 Å². The molecule has 4 nitrogen and oxygen atoms in total. The highest BCUT2D eigenvalue weighted by atomic mass is 35.5. The maximum atomic E-state index is 12.0. The molecule has 0 aliphatic carbocycles. The van der Waals surface area contributed by atoms with Gasteiger partial charge in [0.25, 0.3) is 0 Å². The first-order valence-electron chi connectivity index (χ1n) is 6.46. The van der Waals surface area contributed by atoms with Crippen molar-refractivity contribution in [2.45, 2.75) is 32.6 Å². The van der Waals surface area contributed by atoms with Crippen molar-refractivity contribution in [2.75, 3.05) is 5.32 Å². The van der Waals surface area contributed by atoms with Gasteiger partial charge in [-0.05, 0) is 17.7 Å². The summed E-state index contributed by atoms with van der Waals surface area (Å²) >= 11 is 11.9. The SMILES string of the molecule is CC(C)(C)c1cc(NC(=O)Cc2ccc(Cl)cc2Cl)no1. The number of anilines is 1. The second-order valence-electron chi connectivity index (χ2n) is 5.79. The Hall–Kier alpha value is -1.52. The molecule has 0 spiro atoms. The molecule has 0 saturated heterocycles. The number of aromatic nitrogens is 1. The average Bonchev–Trinajstić information content (AvgIpc) is 2.81. The van der Waals surface area contributed by atoms with E-state index in [1.54, 1.807) is 24.3 Å². The van der Waals surface area contributed by atoms with E-state index in [2.05, 4.69) is 10.5 Å². The number of nitrogens with one attached hydrogen (secondary N) is 1. The summed E-state index contributed by atoms with van der Waals surface area (Å²) in [7, 11) is 0. The van der Waals surface area contributed by atoms with Crippen LogP contribution in [-0.2, 0) is 16.6 Å². The lowest BCUT2D eigenvalue weighted by Crippen LogP contribution is -2.15. The van der Waals surface area contributed by atoms with Gasteiger partial charge in [0, 0.05) is 21.5 Å². The molecule has 112 valence electrons. The Bertz CT molecular complexity index is 660. The van der Waals surface area contributed by atoms with Crippen LogP contribution in [0.4, 0.5) is 5.82 Å². The van der Waals surface area contributed by atoms with E-state index >= 15 is 0 Å². The Morgan fingerprint density at radius 3 is 2.57 bits per heavy atom. The van der Waals surface area contributed by atoms with Crippen molar-refractivity contribution in [1.29, 1.82) is 0 Å². The third kappa shape index (κ3) is 4.22. The van der Waals surface area contributed by atoms with Crippen LogP contribution in [0.3, 0.4) is 0 Å². The summed E-state index contributed by atoms with van der Waals surface area (Å²) in [6.07, 6.45) is 0.147. The molecule has 2 aromatic rings. The summed E-state index contributed by atoms with van der Waals surface area (Å²) in [5.74, 6) is 0.894. The molecule has 0 aliphatic heterocycles. The maximum Gasteiger partial charge on any atom is 0.230 e. The molecular weight excluding hydrogens is 311 g/mol. The summed E-state index contributed by atoms with van der Waals surface area (Å²) < 4.78 is 5.21. The van der Waals surface area contributed by atoms with E-state index in [1.807, 2.05) is 20.8 Å². The monoisotopic (exact) mass is 326 g/mol. The van der Waals surface area contributed by atoms with E-state index in [-0.39, 0.29) is 17.7 Å². The van der Waals surface area contributed by atoms with Gasteiger partial charge in [-0.25, -0.2) is 0 Å². The molecule has 0 aliphatic rings. The second kappa shape index (κ2) is 6.08. The maximum absolute atomic E-state index is 12.0. The molecule has 1 N–H and O–H groups in total. The number of amides is 1. The number of rotatable bonds is 3. The Labute approximate surface area is 133 Å². The average molecular weight is 327 g/mol. The van der Waals surface area contributed by atoms with Gasteiger partial charge in [-0.2, -0.15) is 0 Å². The summed E-state index contributed by atoms with van der Waals surface area (Å²) in [5, 5.41) is 7.53. The first kappa shape index (κ1) is 15.9. The van der Waals surface area contributed by atoms with Gasteiger partial charge in [-0.15, -0.1) is 0 Å². The van der Waals surface area contributed by atoms with Gasteiger partial charge < -0.3 is 9.84 Å². The normalized spacial score (nSPS) is 11.5. The molecule has 1 aromatic heterocycles. The zero-order valence-corrected chi connectivity index (χ0v) is 13.5. The van der Waals surface area contributed by atoms with Crippen LogP contribution in [0.5, 0.6) is 0 Å². The molecule has 2 rings (SSSR count). The van der Waals surface area contributed by atoms with Crippen molar-refractivity contribution in [3.63, 3.8) is 0 Å². The van der Waals surface area contributed by atoms with Crippen molar-refractivity contribution < 1.29 is 9.32 Å². The molecule has 0 atom stereocenters. The first-order valence-corrected chi connectivity index (χ1v) is 7.22. The Balaban J connectivity index is 2.03. The lowest BCUT2D eigenvalue weighted by Gasteiger charge is -2.12. The number of halogens is 2. The molecule has 1 heterocycles. The summed E-state index contributed by atoms with van der Waals surface area (Å²) in [6, 6.07) is 6.76. The van der Waals surface area contributed by atoms with E-state index in [4.69, 9.17) is 27.7 Å². The van der Waals surface area contributed by atoms with Crippen molar-refractivity contribution >= 4 is 34.9 Å². The van der Waals surface area contributed by atoms with Crippen LogP contribution < -0.4 is 5.32 Å². The molecule has 0 bridgehead atoms. The van der Waals surface area contributed by atoms with Gasteiger partial charge >= 0.3 is 0 Å². The van der Waals surface area contributed by atoms with E-state index in [0.29, 0.717) is 27.2 Å². The van der Waals surface area contributed by atoms with Gasteiger partial charge in [0.2, 0.25) is 5.91 Å². The largest absolute Gasteiger partial charge is 0.359 e. The van der Waals surface area contributed by atoms with Crippen molar-refractivity contribution in [3.05, 3.63) is 45.6 Å². The minimum atomic E-state index is -0.215. The first-order chi connectivity index (χ1) is 9.75. The number of hydrogen-bond donors (Lipinski definition) is 1. The van der Waals surface area contributed by atoms with Crippen LogP contribution in [0.1, 0.15) is 32.1 Å². The van der Waals surface area contributed by atoms with Crippen LogP contribution in [0.25, 0.3) is 0 Å². The summed E-state index contributed by atoms with van der Waals surface area (Å²) in [4.78, 5) is 12.0. The highest BCUT2D eigenvalue weighted by Crippen LogP contribution is 2.25. The topological polar surface area (TPSA) is 55.1 Å². The van der Waals surface area contributed by atoms with Gasteiger partial charge in [0.05, 0.1) is 6.42 Å². The van der Waals surface area contributed by atoms with Gasteiger partial charge in [-0.3, -0.25) is 4.79 Å². The third-order valence-corrected chi connectivity index (χ3v) is 3.47. The fourth-order valence-corrected chi connectivity index (χ4v) is 2.19. The molecule has 1 amide bonds. The molecule has 0 saturated carbocycles. The summed E-state index contributed by atoms with van der Waals surface area (Å²) in [6.45, 7) is 6.02. The quantitative estimate of drug-likeness (QED) is 0.905. The van der Waals surface area contributed by atoms with Crippen LogP contribution in [-0.4, -0.2) is 11.1 Å². The molecule has 6 heteroatoms. The summed E-state index contributed by atoms with van der Waals surface area (Å²) in [5.41, 5.74) is 0.549. The predicted molar refractivity (Wildman–Crippen MR) is 84.0 cm³/mol. The van der Waals surface area contributed by atoms with E-state index < -0.39 is 0 Å². The lowest BCUT2D eigenvalue weighted by atomic mass is 9.93. The fourth-order valence-electron chi connectivity index (χ4n) is 1.71. The van der Waals surface area contributed by atoms with E-state index in [9.17, 15) is 4.79 Å². The number of carbonyl (C=O) groups is 1. The Morgan fingerprint density at radius 1 is 1.29 bits per heavy atom. The number of nitrogens with zero attached hydrogens (tertiary/aromatic N) is 1. The number of benzene rings is 1. The second-order valence-corrected chi connectivity index (χ2v) is 6.63. The Morgan fingerprint density at radius 2 is 2.00 bits per heavy atom. The van der Waals surface area contributed by atoms with Gasteiger partial charge in [-0.1, -0.05) is 55.2 Å². The molecule has 21 heavy (non-hydrogen) atoms. The highest BCUT2D eigenvalue weighted by molar-refractivity contribution is 6.35. The molecule has 0 fully saturated rings. The fraction of sp³-hybridized carbons (Fsp3) is 0.333. The number of carbonyl (C=O) groups excluding carboxylic acids is 1. The third-order valence-electron chi connectivity index (χ3n) is 2.88. The van der Waals surface area contributed by atoms with E-state index in [0.717, 1.165) is 0 Å². The van der Waals surface area contributed by atoms with Crippen molar-refractivity contribution in [1.82, 2.24) is 5.16 Å². The standard InChI is InChI=1S/C15H16Cl2N2O2/c1-15(2,3)12-8-13(19-21-12)18-14(20)6-9-4-5-10(16)7-11(9)17/h4-5,7-8H,6H2,1-3H3,(H,18,19,20). The highest BCUT2D eigenvalue weighted by Gasteiger charge is 2.20. The number of hydrogen-bond acceptors (Lipinski definition) is 3. The van der Waals surface area contributed by atoms with Gasteiger partial charge in [0.15, 0.2) is 5.82 Å².